The van der Waals surface area contributed by atoms with Gasteiger partial charge < -0.3 is 4.74 Å². The summed E-state index contributed by atoms with van der Waals surface area (Å²) in [6, 6.07) is 20.5. The Bertz CT molecular complexity index is 1140. The molecule has 1 saturated heterocycles. The molecule has 1 aliphatic heterocycles. The second-order valence-electron chi connectivity index (χ2n) is 7.79. The lowest BCUT2D eigenvalue weighted by Gasteiger charge is -2.33. The van der Waals surface area contributed by atoms with Crippen LogP contribution in [-0.2, 0) is 6.54 Å². The molecule has 1 fully saturated rings. The molecule has 0 radical (unpaired) electrons. The molecule has 1 aromatic carbocycles. The summed E-state index contributed by atoms with van der Waals surface area (Å²) in [5, 5.41) is 4.86. The third-order valence-electron chi connectivity index (χ3n) is 5.76. The van der Waals surface area contributed by atoms with Crippen molar-refractivity contribution in [3.05, 3.63) is 78.1 Å². The molecule has 152 valence electrons. The van der Waals surface area contributed by atoms with Gasteiger partial charge in [0, 0.05) is 37.3 Å². The molecule has 0 spiro atoms. The van der Waals surface area contributed by atoms with E-state index in [-0.39, 0.29) is 0 Å². The zero-order valence-corrected chi connectivity index (χ0v) is 17.1. The zero-order valence-electron chi connectivity index (χ0n) is 17.1. The lowest BCUT2D eigenvalue weighted by molar-refractivity contribution is 0.197. The van der Waals surface area contributed by atoms with Gasteiger partial charge in [0.15, 0.2) is 5.65 Å². The summed E-state index contributed by atoms with van der Waals surface area (Å²) in [5.41, 5.74) is 5.04. The summed E-state index contributed by atoms with van der Waals surface area (Å²) in [4.78, 5) is 11.6. The van der Waals surface area contributed by atoms with Crippen LogP contribution in [0.4, 0.5) is 0 Å². The summed E-state index contributed by atoms with van der Waals surface area (Å²) in [6.07, 6.45) is 4.25. The van der Waals surface area contributed by atoms with Gasteiger partial charge in [-0.15, -0.1) is 0 Å². The number of methoxy groups -OCH3 is 1. The lowest BCUT2D eigenvalue weighted by Crippen LogP contribution is -2.34. The van der Waals surface area contributed by atoms with Crippen LogP contribution < -0.4 is 4.74 Å². The number of hydrogen-bond acceptors (Lipinski definition) is 5. The Labute approximate surface area is 176 Å². The van der Waals surface area contributed by atoms with Gasteiger partial charge in [-0.3, -0.25) is 4.90 Å². The van der Waals surface area contributed by atoms with Gasteiger partial charge >= 0.3 is 0 Å². The number of likely N-dealkylation sites (tertiary alicyclic amines) is 1. The number of nitrogens with zero attached hydrogens (tertiary/aromatic N) is 5. The smallest absolute Gasteiger partial charge is 0.213 e. The van der Waals surface area contributed by atoms with Crippen LogP contribution in [0.3, 0.4) is 0 Å². The Morgan fingerprint density at radius 2 is 1.93 bits per heavy atom. The van der Waals surface area contributed by atoms with Crippen LogP contribution >= 0.6 is 0 Å². The van der Waals surface area contributed by atoms with Crippen LogP contribution in [0.1, 0.15) is 30.0 Å². The zero-order chi connectivity index (χ0) is 20.3. The van der Waals surface area contributed by atoms with Crippen molar-refractivity contribution in [2.45, 2.75) is 25.3 Å². The number of aromatic nitrogens is 4. The first kappa shape index (κ1) is 18.8. The maximum atomic E-state index is 5.26. The predicted molar refractivity (Wildman–Crippen MR) is 116 cm³/mol. The normalized spacial score (nSPS) is 17.3. The Balaban J connectivity index is 1.43. The van der Waals surface area contributed by atoms with E-state index in [2.05, 4.69) is 51.3 Å². The average molecular weight is 399 g/mol. The third-order valence-corrected chi connectivity index (χ3v) is 5.76. The standard InChI is InChI=1S/C24H25N5O/c1-30-24-11-5-10-20(26-24)21-15-23-25-13-12-22(29(23)27-21)19-9-6-14-28(17-19)16-18-7-3-2-4-8-18/h2-5,7-8,10-13,15,19H,6,9,14,16-17H2,1H3. The topological polar surface area (TPSA) is 55.5 Å². The maximum absolute atomic E-state index is 5.26. The van der Waals surface area contributed by atoms with Crippen molar-refractivity contribution in [3.63, 3.8) is 0 Å². The van der Waals surface area contributed by atoms with Crippen LogP contribution in [0, 0.1) is 0 Å². The summed E-state index contributed by atoms with van der Waals surface area (Å²) in [5.74, 6) is 1.01. The van der Waals surface area contributed by atoms with Crippen LogP contribution in [0.5, 0.6) is 5.88 Å². The first-order chi connectivity index (χ1) is 14.8. The highest BCUT2D eigenvalue weighted by Crippen LogP contribution is 2.29. The van der Waals surface area contributed by atoms with Gasteiger partial charge in [-0.25, -0.2) is 14.5 Å². The average Bonchev–Trinajstić information content (AvgIpc) is 3.24. The van der Waals surface area contributed by atoms with Crippen LogP contribution in [0.2, 0.25) is 0 Å². The fourth-order valence-electron chi connectivity index (χ4n) is 4.30. The summed E-state index contributed by atoms with van der Waals surface area (Å²) in [7, 11) is 1.62. The molecule has 1 unspecified atom stereocenters. The highest BCUT2D eigenvalue weighted by Gasteiger charge is 2.24. The number of benzene rings is 1. The van der Waals surface area contributed by atoms with Gasteiger partial charge in [-0.05, 0) is 37.1 Å². The fraction of sp³-hybridized carbons (Fsp3) is 0.292. The largest absolute Gasteiger partial charge is 0.481 e. The molecule has 30 heavy (non-hydrogen) atoms. The van der Waals surface area contributed by atoms with E-state index in [0.717, 1.165) is 43.1 Å². The Morgan fingerprint density at radius 3 is 2.80 bits per heavy atom. The quantitative estimate of drug-likeness (QED) is 0.504. The van der Waals surface area contributed by atoms with Gasteiger partial charge in [-0.2, -0.15) is 5.10 Å². The number of pyridine rings is 1. The molecule has 0 saturated carbocycles. The minimum atomic E-state index is 0.430. The first-order valence-electron chi connectivity index (χ1n) is 10.4. The van der Waals surface area contributed by atoms with Crippen LogP contribution in [0.25, 0.3) is 17.0 Å². The second kappa shape index (κ2) is 8.24. The number of ether oxygens (including phenoxy) is 1. The van der Waals surface area contributed by atoms with E-state index in [1.54, 1.807) is 7.11 Å². The van der Waals surface area contributed by atoms with Crippen molar-refractivity contribution in [3.8, 4) is 17.3 Å². The van der Waals surface area contributed by atoms with Gasteiger partial charge in [0.2, 0.25) is 5.88 Å². The van der Waals surface area contributed by atoms with Gasteiger partial charge in [0.25, 0.3) is 0 Å². The molecule has 1 aliphatic rings. The molecule has 0 N–H and O–H groups in total. The van der Waals surface area contributed by atoms with Crippen molar-refractivity contribution in [1.29, 1.82) is 0 Å². The number of hydrogen-bond donors (Lipinski definition) is 0. The summed E-state index contributed by atoms with van der Waals surface area (Å²) < 4.78 is 7.26. The molecular formula is C24H25N5O. The molecule has 4 heterocycles. The highest BCUT2D eigenvalue weighted by atomic mass is 16.5. The first-order valence-corrected chi connectivity index (χ1v) is 10.4. The number of rotatable bonds is 5. The maximum Gasteiger partial charge on any atom is 0.213 e. The van der Waals surface area contributed by atoms with Crippen molar-refractivity contribution >= 4 is 5.65 Å². The predicted octanol–water partition coefficient (Wildman–Crippen LogP) is 4.18. The number of fused-ring (bicyclic) bond motifs is 1. The van der Waals surface area contributed by atoms with Crippen molar-refractivity contribution in [1.82, 2.24) is 24.5 Å². The van der Waals surface area contributed by atoms with E-state index < -0.39 is 0 Å². The van der Waals surface area contributed by atoms with E-state index >= 15 is 0 Å². The van der Waals surface area contributed by atoms with Crippen molar-refractivity contribution in [2.75, 3.05) is 20.2 Å². The van der Waals surface area contributed by atoms with Gasteiger partial charge in [0.1, 0.15) is 5.69 Å². The minimum Gasteiger partial charge on any atom is -0.481 e. The van der Waals surface area contributed by atoms with Crippen LogP contribution in [0.15, 0.2) is 66.9 Å². The molecule has 1 atom stereocenters. The van der Waals surface area contributed by atoms with E-state index in [1.165, 1.54) is 17.7 Å². The van der Waals surface area contributed by atoms with Crippen LogP contribution in [-0.4, -0.2) is 44.7 Å². The highest BCUT2D eigenvalue weighted by molar-refractivity contribution is 5.61. The molecule has 0 aliphatic carbocycles. The molecule has 6 heteroatoms. The van der Waals surface area contributed by atoms with E-state index in [0.29, 0.717) is 11.8 Å². The molecule has 6 nitrogen and oxygen atoms in total. The Hall–Kier alpha value is -3.25. The molecule has 3 aromatic heterocycles. The second-order valence-corrected chi connectivity index (χ2v) is 7.79. The third kappa shape index (κ3) is 3.78. The number of piperidine rings is 1. The van der Waals surface area contributed by atoms with Crippen molar-refractivity contribution < 1.29 is 4.74 Å². The molecule has 0 amide bonds. The minimum absolute atomic E-state index is 0.430. The van der Waals surface area contributed by atoms with Gasteiger partial charge in [0.05, 0.1) is 18.5 Å². The monoisotopic (exact) mass is 399 g/mol. The van der Waals surface area contributed by atoms with Crippen molar-refractivity contribution in [2.24, 2.45) is 0 Å². The lowest BCUT2D eigenvalue weighted by atomic mass is 9.94. The van der Waals surface area contributed by atoms with Gasteiger partial charge in [-0.1, -0.05) is 36.4 Å². The molecule has 4 aromatic rings. The Kier molecular flexibility index (Phi) is 5.15. The Morgan fingerprint density at radius 1 is 1.03 bits per heavy atom. The molecule has 0 bridgehead atoms. The SMILES string of the molecule is COc1cccc(-c2cc3nccc(C4CCCN(Cc5ccccc5)C4)n3n2)n1. The molecule has 5 rings (SSSR count). The summed E-state index contributed by atoms with van der Waals surface area (Å²) >= 11 is 0. The van der Waals surface area contributed by atoms with E-state index in [1.807, 2.05) is 35.0 Å². The summed E-state index contributed by atoms with van der Waals surface area (Å²) in [6.45, 7) is 3.15. The van der Waals surface area contributed by atoms with E-state index in [9.17, 15) is 0 Å². The molecular weight excluding hydrogens is 374 g/mol. The van der Waals surface area contributed by atoms with E-state index in [4.69, 9.17) is 9.84 Å². The fourth-order valence-corrected chi connectivity index (χ4v) is 4.30.